The van der Waals surface area contributed by atoms with Crippen molar-refractivity contribution >= 4 is 21.6 Å². The van der Waals surface area contributed by atoms with Gasteiger partial charge in [0, 0.05) is 31.2 Å². The lowest BCUT2D eigenvalue weighted by Gasteiger charge is -2.35. The smallest absolute Gasteiger partial charge is 0.261 e. The van der Waals surface area contributed by atoms with Crippen molar-refractivity contribution in [1.82, 2.24) is 10.2 Å². The molecule has 0 spiro atoms. The monoisotopic (exact) mass is 477 g/mol. The van der Waals surface area contributed by atoms with Gasteiger partial charge in [0.15, 0.2) is 0 Å². The highest BCUT2D eigenvalue weighted by molar-refractivity contribution is 7.92. The van der Waals surface area contributed by atoms with Gasteiger partial charge in [-0.05, 0) is 66.8 Å². The van der Waals surface area contributed by atoms with Gasteiger partial charge in [0.1, 0.15) is 0 Å². The first-order valence-electron chi connectivity index (χ1n) is 11.6. The quantitative estimate of drug-likeness (QED) is 0.505. The number of para-hydroxylation sites is 1. The Bertz CT molecular complexity index is 1260. The Morgan fingerprint density at radius 1 is 0.971 bits per heavy atom. The van der Waals surface area contributed by atoms with E-state index in [-0.39, 0.29) is 16.8 Å². The minimum absolute atomic E-state index is 0.116. The van der Waals surface area contributed by atoms with Crippen LogP contribution in [0.4, 0.5) is 5.69 Å². The molecule has 0 saturated heterocycles. The third-order valence-electron chi connectivity index (χ3n) is 6.46. The van der Waals surface area contributed by atoms with E-state index < -0.39 is 10.0 Å². The van der Waals surface area contributed by atoms with Gasteiger partial charge in [-0.25, -0.2) is 8.42 Å². The van der Waals surface area contributed by atoms with Crippen LogP contribution in [0, 0.1) is 6.92 Å². The maximum absolute atomic E-state index is 12.7. The summed E-state index contributed by atoms with van der Waals surface area (Å²) >= 11 is 0. The summed E-state index contributed by atoms with van der Waals surface area (Å²) in [5.74, 6) is -0.202. The van der Waals surface area contributed by atoms with Gasteiger partial charge in [0.05, 0.1) is 10.6 Å². The Kier molecular flexibility index (Phi) is 7.34. The van der Waals surface area contributed by atoms with E-state index >= 15 is 0 Å². The summed E-state index contributed by atoms with van der Waals surface area (Å²) in [4.78, 5) is 15.3. The van der Waals surface area contributed by atoms with Crippen molar-refractivity contribution in [3.63, 3.8) is 0 Å². The third kappa shape index (κ3) is 5.48. The van der Waals surface area contributed by atoms with Crippen LogP contribution in [-0.4, -0.2) is 38.4 Å². The molecule has 1 aliphatic rings. The molecular formula is C27H31N3O3S. The van der Waals surface area contributed by atoms with Gasteiger partial charge in [-0.2, -0.15) is 0 Å². The van der Waals surface area contributed by atoms with Gasteiger partial charge >= 0.3 is 0 Å². The van der Waals surface area contributed by atoms with E-state index in [9.17, 15) is 13.2 Å². The molecule has 0 fully saturated rings. The number of nitrogens with one attached hydrogen (secondary N) is 2. The Hall–Kier alpha value is -3.16. The van der Waals surface area contributed by atoms with Gasteiger partial charge in [0.2, 0.25) is 0 Å². The standard InChI is InChI=1S/C27H31N3O3S/c1-3-24(30-17-16-21-9-5-6-10-23(21)19-30)18-28-27(31)22-12-14-25(15-13-22)34(32,33)29-26-11-7-4-8-20(26)2/h4-15,24,29H,3,16-19H2,1-2H3,(H,28,31). The van der Waals surface area contributed by atoms with Crippen molar-refractivity contribution < 1.29 is 13.2 Å². The fraction of sp³-hybridized carbons (Fsp3) is 0.296. The highest BCUT2D eigenvalue weighted by Gasteiger charge is 2.23. The fourth-order valence-corrected chi connectivity index (χ4v) is 5.48. The van der Waals surface area contributed by atoms with Crippen molar-refractivity contribution in [1.29, 1.82) is 0 Å². The van der Waals surface area contributed by atoms with E-state index in [1.165, 1.54) is 23.3 Å². The molecule has 0 bridgehead atoms. The summed E-state index contributed by atoms with van der Waals surface area (Å²) in [6.07, 6.45) is 1.96. The van der Waals surface area contributed by atoms with E-state index in [2.05, 4.69) is 46.1 Å². The van der Waals surface area contributed by atoms with Crippen molar-refractivity contribution in [2.24, 2.45) is 0 Å². The van der Waals surface area contributed by atoms with Crippen LogP contribution < -0.4 is 10.0 Å². The van der Waals surface area contributed by atoms with Crippen molar-refractivity contribution in [3.05, 3.63) is 95.1 Å². The van der Waals surface area contributed by atoms with E-state index in [0.29, 0.717) is 17.8 Å². The number of nitrogens with zero attached hydrogens (tertiary/aromatic N) is 1. The zero-order valence-corrected chi connectivity index (χ0v) is 20.4. The number of carbonyl (C=O) groups excluding carboxylic acids is 1. The largest absolute Gasteiger partial charge is 0.350 e. The molecule has 0 aromatic heterocycles. The molecular weight excluding hydrogens is 446 g/mol. The first-order chi connectivity index (χ1) is 16.4. The van der Waals surface area contributed by atoms with Gasteiger partial charge in [-0.1, -0.05) is 49.4 Å². The van der Waals surface area contributed by atoms with Crippen LogP contribution in [-0.2, 0) is 23.0 Å². The second-order valence-corrected chi connectivity index (χ2v) is 10.4. The SMILES string of the molecule is CCC(CNC(=O)c1ccc(S(=O)(=O)Nc2ccccc2C)cc1)N1CCc2ccccc2C1. The molecule has 1 atom stereocenters. The normalized spacial score (nSPS) is 14.8. The highest BCUT2D eigenvalue weighted by Crippen LogP contribution is 2.22. The summed E-state index contributed by atoms with van der Waals surface area (Å²) < 4.78 is 28.1. The number of aryl methyl sites for hydroxylation is 1. The maximum atomic E-state index is 12.7. The summed E-state index contributed by atoms with van der Waals surface area (Å²) in [5, 5.41) is 3.03. The van der Waals surface area contributed by atoms with Crippen molar-refractivity contribution in [2.75, 3.05) is 17.8 Å². The fourth-order valence-electron chi connectivity index (χ4n) is 4.35. The van der Waals surface area contributed by atoms with Crippen LogP contribution >= 0.6 is 0 Å². The minimum atomic E-state index is -3.74. The summed E-state index contributed by atoms with van der Waals surface area (Å²) in [5.41, 5.74) is 4.58. The Morgan fingerprint density at radius 2 is 1.65 bits per heavy atom. The van der Waals surface area contributed by atoms with Crippen LogP contribution in [0.25, 0.3) is 0 Å². The molecule has 178 valence electrons. The molecule has 34 heavy (non-hydrogen) atoms. The molecule has 4 rings (SSSR count). The Morgan fingerprint density at radius 3 is 2.35 bits per heavy atom. The van der Waals surface area contributed by atoms with Crippen LogP contribution in [0.5, 0.6) is 0 Å². The number of hydrogen-bond acceptors (Lipinski definition) is 4. The lowest BCUT2D eigenvalue weighted by atomic mass is 9.98. The second-order valence-electron chi connectivity index (χ2n) is 8.71. The number of amides is 1. The number of carbonyl (C=O) groups is 1. The molecule has 6 nitrogen and oxygen atoms in total. The summed E-state index contributed by atoms with van der Waals surface area (Å²) in [7, 11) is -3.74. The lowest BCUT2D eigenvalue weighted by molar-refractivity contribution is 0.0926. The maximum Gasteiger partial charge on any atom is 0.261 e. The number of fused-ring (bicyclic) bond motifs is 1. The van der Waals surface area contributed by atoms with Crippen LogP contribution in [0.1, 0.15) is 40.4 Å². The topological polar surface area (TPSA) is 78.5 Å². The van der Waals surface area contributed by atoms with Gasteiger partial charge in [-0.3, -0.25) is 14.4 Å². The average Bonchev–Trinajstić information content (AvgIpc) is 2.85. The molecule has 2 N–H and O–H groups in total. The van der Waals surface area contributed by atoms with E-state index in [1.54, 1.807) is 24.3 Å². The van der Waals surface area contributed by atoms with Crippen LogP contribution in [0.15, 0.2) is 77.7 Å². The number of benzene rings is 3. The highest BCUT2D eigenvalue weighted by atomic mass is 32.2. The van der Waals surface area contributed by atoms with Crippen LogP contribution in [0.2, 0.25) is 0 Å². The number of rotatable bonds is 8. The first-order valence-corrected chi connectivity index (χ1v) is 13.1. The Labute approximate surface area is 202 Å². The zero-order chi connectivity index (χ0) is 24.1. The molecule has 1 amide bonds. The molecule has 1 heterocycles. The van der Waals surface area contributed by atoms with Gasteiger partial charge < -0.3 is 5.32 Å². The van der Waals surface area contributed by atoms with Gasteiger partial charge in [-0.15, -0.1) is 0 Å². The zero-order valence-electron chi connectivity index (χ0n) is 19.6. The minimum Gasteiger partial charge on any atom is -0.350 e. The third-order valence-corrected chi connectivity index (χ3v) is 7.84. The molecule has 0 aliphatic carbocycles. The molecule has 0 saturated carbocycles. The van der Waals surface area contributed by atoms with Crippen molar-refractivity contribution in [2.45, 2.75) is 44.2 Å². The molecule has 3 aromatic carbocycles. The first kappa shape index (κ1) is 24.0. The lowest BCUT2D eigenvalue weighted by Crippen LogP contribution is -2.45. The van der Waals surface area contributed by atoms with Gasteiger partial charge in [0.25, 0.3) is 15.9 Å². The molecule has 0 radical (unpaired) electrons. The number of sulfonamides is 1. The Balaban J connectivity index is 1.36. The van der Waals surface area contributed by atoms with Crippen LogP contribution in [0.3, 0.4) is 0 Å². The molecule has 1 aliphatic heterocycles. The molecule has 7 heteroatoms. The van der Waals surface area contributed by atoms with E-state index in [1.807, 2.05) is 19.1 Å². The number of hydrogen-bond donors (Lipinski definition) is 2. The molecule has 1 unspecified atom stereocenters. The van der Waals surface area contributed by atoms with Crippen molar-refractivity contribution in [3.8, 4) is 0 Å². The number of anilines is 1. The predicted octanol–water partition coefficient (Wildman–Crippen LogP) is 4.36. The predicted molar refractivity (Wildman–Crippen MR) is 135 cm³/mol. The molecule has 3 aromatic rings. The summed E-state index contributed by atoms with van der Waals surface area (Å²) in [6, 6.07) is 22.0. The average molecular weight is 478 g/mol. The van der Waals surface area contributed by atoms with E-state index in [4.69, 9.17) is 0 Å². The van der Waals surface area contributed by atoms with E-state index in [0.717, 1.165) is 31.5 Å². The summed E-state index contributed by atoms with van der Waals surface area (Å²) in [6.45, 7) is 6.40. The second kappa shape index (κ2) is 10.4.